The molecule has 2 nitrogen and oxygen atoms in total. The standard InChI is InChI=1S/C15H30N2/c1-7-12-13-14(16-6)15(8-2,9-3)17(10-4)11-5/h1,14,16H,8-13H2,2-6H3. The van der Waals surface area contributed by atoms with E-state index in [1.165, 1.54) is 12.8 Å². The van der Waals surface area contributed by atoms with Crippen LogP contribution in [0.1, 0.15) is 53.4 Å². The second kappa shape index (κ2) is 8.55. The molecule has 0 aliphatic heterocycles. The molecule has 0 saturated carbocycles. The molecule has 2 heteroatoms. The van der Waals surface area contributed by atoms with E-state index in [0.29, 0.717) is 6.04 Å². The van der Waals surface area contributed by atoms with Crippen molar-refractivity contribution in [1.82, 2.24) is 10.2 Å². The first kappa shape index (κ1) is 16.5. The number of nitrogens with zero attached hydrogens (tertiary/aromatic N) is 1. The molecule has 0 spiro atoms. The summed E-state index contributed by atoms with van der Waals surface area (Å²) in [6.45, 7) is 11.3. The highest BCUT2D eigenvalue weighted by molar-refractivity contribution is 5.00. The second-order valence-electron chi connectivity index (χ2n) is 4.57. The molecular formula is C15H30N2. The molecule has 0 aliphatic carbocycles. The van der Waals surface area contributed by atoms with Gasteiger partial charge in [0.2, 0.25) is 0 Å². The molecule has 0 fully saturated rings. The normalized spacial score (nSPS) is 13.7. The minimum atomic E-state index is 0.245. The van der Waals surface area contributed by atoms with Gasteiger partial charge in [-0.3, -0.25) is 4.90 Å². The van der Waals surface area contributed by atoms with Crippen molar-refractivity contribution in [3.63, 3.8) is 0 Å². The third kappa shape index (κ3) is 3.72. The maximum atomic E-state index is 5.41. The molecule has 0 aliphatic rings. The van der Waals surface area contributed by atoms with Gasteiger partial charge in [-0.15, -0.1) is 12.3 Å². The van der Waals surface area contributed by atoms with Crippen LogP contribution in [0.15, 0.2) is 0 Å². The molecule has 17 heavy (non-hydrogen) atoms. The van der Waals surface area contributed by atoms with Gasteiger partial charge in [-0.2, -0.15) is 0 Å². The third-order valence-electron chi connectivity index (χ3n) is 4.19. The van der Waals surface area contributed by atoms with Crippen LogP contribution >= 0.6 is 0 Å². The van der Waals surface area contributed by atoms with E-state index >= 15 is 0 Å². The summed E-state index contributed by atoms with van der Waals surface area (Å²) in [6, 6.07) is 0.480. The van der Waals surface area contributed by atoms with Crippen LogP contribution in [0, 0.1) is 12.3 Å². The molecule has 0 amide bonds. The lowest BCUT2D eigenvalue weighted by Gasteiger charge is -2.48. The number of terminal acetylenes is 1. The van der Waals surface area contributed by atoms with E-state index in [1.54, 1.807) is 0 Å². The lowest BCUT2D eigenvalue weighted by molar-refractivity contribution is 0.0494. The van der Waals surface area contributed by atoms with Gasteiger partial charge < -0.3 is 5.32 Å². The average molecular weight is 238 g/mol. The second-order valence-corrected chi connectivity index (χ2v) is 4.57. The summed E-state index contributed by atoms with van der Waals surface area (Å²) in [7, 11) is 2.06. The number of hydrogen-bond acceptors (Lipinski definition) is 2. The van der Waals surface area contributed by atoms with Crippen molar-refractivity contribution in [1.29, 1.82) is 0 Å². The predicted octanol–water partition coefficient (Wildman–Crippen LogP) is 2.89. The van der Waals surface area contributed by atoms with Crippen LogP contribution < -0.4 is 5.32 Å². The fourth-order valence-electron chi connectivity index (χ4n) is 3.17. The first-order valence-electron chi connectivity index (χ1n) is 7.02. The number of hydrogen-bond donors (Lipinski definition) is 1. The maximum Gasteiger partial charge on any atom is 0.0357 e. The van der Waals surface area contributed by atoms with E-state index in [0.717, 1.165) is 25.9 Å². The van der Waals surface area contributed by atoms with Crippen LogP contribution in [0.4, 0.5) is 0 Å². The van der Waals surface area contributed by atoms with Gasteiger partial charge in [0.05, 0.1) is 0 Å². The van der Waals surface area contributed by atoms with E-state index in [4.69, 9.17) is 6.42 Å². The van der Waals surface area contributed by atoms with Gasteiger partial charge in [-0.25, -0.2) is 0 Å². The topological polar surface area (TPSA) is 15.3 Å². The summed E-state index contributed by atoms with van der Waals surface area (Å²) in [5, 5.41) is 3.49. The van der Waals surface area contributed by atoms with E-state index in [-0.39, 0.29) is 5.54 Å². The van der Waals surface area contributed by atoms with Crippen molar-refractivity contribution in [3.8, 4) is 12.3 Å². The highest BCUT2D eigenvalue weighted by Crippen LogP contribution is 2.30. The quantitative estimate of drug-likeness (QED) is 0.621. The molecule has 100 valence electrons. The highest BCUT2D eigenvalue weighted by atomic mass is 15.2. The van der Waals surface area contributed by atoms with Crippen LogP contribution in [-0.2, 0) is 0 Å². The van der Waals surface area contributed by atoms with E-state index < -0.39 is 0 Å². The largest absolute Gasteiger partial charge is 0.315 e. The molecule has 0 aromatic carbocycles. The Kier molecular flexibility index (Phi) is 8.29. The van der Waals surface area contributed by atoms with Crippen molar-refractivity contribution >= 4 is 0 Å². The molecule has 1 atom stereocenters. The molecular weight excluding hydrogens is 208 g/mol. The zero-order chi connectivity index (χ0) is 13.3. The van der Waals surface area contributed by atoms with Crippen LogP contribution in [0.2, 0.25) is 0 Å². The van der Waals surface area contributed by atoms with Crippen molar-refractivity contribution in [2.75, 3.05) is 20.1 Å². The lowest BCUT2D eigenvalue weighted by Crippen LogP contribution is -2.60. The summed E-state index contributed by atoms with van der Waals surface area (Å²) < 4.78 is 0. The average Bonchev–Trinajstić information content (AvgIpc) is 2.38. The molecule has 0 aromatic rings. The molecule has 0 aromatic heterocycles. The SMILES string of the molecule is C#CCCC(NC)C(CC)(CC)N(CC)CC. The minimum absolute atomic E-state index is 0.245. The molecule has 1 N–H and O–H groups in total. The molecule has 0 heterocycles. The van der Waals surface area contributed by atoms with Crippen LogP contribution in [-0.4, -0.2) is 36.6 Å². The van der Waals surface area contributed by atoms with Crippen molar-refractivity contribution < 1.29 is 0 Å². The first-order valence-corrected chi connectivity index (χ1v) is 7.02. The van der Waals surface area contributed by atoms with Crippen molar-refractivity contribution in [2.45, 2.75) is 65.0 Å². The van der Waals surface area contributed by atoms with Crippen LogP contribution in [0.5, 0.6) is 0 Å². The molecule has 0 bridgehead atoms. The Labute approximate surface area is 108 Å². The Morgan fingerprint density at radius 2 is 1.71 bits per heavy atom. The number of likely N-dealkylation sites (N-methyl/N-ethyl adjacent to an activating group) is 2. The summed E-state index contributed by atoms with van der Waals surface area (Å²) in [5.74, 6) is 2.77. The monoisotopic (exact) mass is 238 g/mol. The summed E-state index contributed by atoms with van der Waals surface area (Å²) >= 11 is 0. The van der Waals surface area contributed by atoms with Gasteiger partial charge in [0.15, 0.2) is 0 Å². The van der Waals surface area contributed by atoms with Gasteiger partial charge in [-0.1, -0.05) is 27.7 Å². The first-order chi connectivity index (χ1) is 8.16. The van der Waals surface area contributed by atoms with Gasteiger partial charge in [0.1, 0.15) is 0 Å². The molecule has 1 unspecified atom stereocenters. The zero-order valence-corrected chi connectivity index (χ0v) is 12.3. The molecule has 0 radical (unpaired) electrons. The number of rotatable bonds is 9. The summed E-state index contributed by atoms with van der Waals surface area (Å²) in [4.78, 5) is 2.59. The van der Waals surface area contributed by atoms with Gasteiger partial charge in [0.25, 0.3) is 0 Å². The van der Waals surface area contributed by atoms with Gasteiger partial charge >= 0.3 is 0 Å². The smallest absolute Gasteiger partial charge is 0.0357 e. The molecule has 0 saturated heterocycles. The highest BCUT2D eigenvalue weighted by Gasteiger charge is 2.38. The third-order valence-corrected chi connectivity index (χ3v) is 4.19. The van der Waals surface area contributed by atoms with Crippen LogP contribution in [0.3, 0.4) is 0 Å². The fourth-order valence-corrected chi connectivity index (χ4v) is 3.17. The Morgan fingerprint density at radius 1 is 1.18 bits per heavy atom. The maximum absolute atomic E-state index is 5.41. The van der Waals surface area contributed by atoms with Crippen molar-refractivity contribution in [3.05, 3.63) is 0 Å². The van der Waals surface area contributed by atoms with E-state index in [1.807, 2.05) is 0 Å². The Morgan fingerprint density at radius 3 is 2.00 bits per heavy atom. The van der Waals surface area contributed by atoms with Gasteiger partial charge in [-0.05, 0) is 39.4 Å². The lowest BCUT2D eigenvalue weighted by atomic mass is 9.80. The minimum Gasteiger partial charge on any atom is -0.315 e. The Hall–Kier alpha value is -0.520. The van der Waals surface area contributed by atoms with Crippen LogP contribution in [0.25, 0.3) is 0 Å². The number of nitrogens with one attached hydrogen (secondary N) is 1. The zero-order valence-electron chi connectivity index (χ0n) is 12.3. The molecule has 0 rings (SSSR count). The van der Waals surface area contributed by atoms with Crippen molar-refractivity contribution in [2.24, 2.45) is 0 Å². The fraction of sp³-hybridized carbons (Fsp3) is 0.867. The van der Waals surface area contributed by atoms with E-state index in [9.17, 15) is 0 Å². The van der Waals surface area contributed by atoms with Gasteiger partial charge in [0, 0.05) is 18.0 Å². The summed E-state index contributed by atoms with van der Waals surface area (Å²) in [5.41, 5.74) is 0.245. The Balaban J connectivity index is 5.05. The summed E-state index contributed by atoms with van der Waals surface area (Å²) in [6.07, 6.45) is 9.66. The predicted molar refractivity (Wildman–Crippen MR) is 77.1 cm³/mol. The Bertz CT molecular complexity index is 222. The van der Waals surface area contributed by atoms with E-state index in [2.05, 4.69) is 50.9 Å².